The standard InChI is InChI=1S/C13H22O4/c1-4-12(5-2)8-13(16)9(14)6-7-11(13,3)10(15)17-12/h9,14,16H,4-8H2,1-3H3/t9-,11+,13-/m1/s1. The Hall–Kier alpha value is -0.610. The Morgan fingerprint density at radius 1 is 1.41 bits per heavy atom. The van der Waals surface area contributed by atoms with Crippen molar-refractivity contribution in [2.45, 2.75) is 70.2 Å². The third kappa shape index (κ3) is 1.47. The Labute approximate surface area is 102 Å². The minimum Gasteiger partial charge on any atom is -0.458 e. The molecule has 2 N–H and O–H groups in total. The van der Waals surface area contributed by atoms with Crippen LogP contribution < -0.4 is 0 Å². The Balaban J connectivity index is 2.42. The molecule has 1 saturated carbocycles. The lowest BCUT2D eigenvalue weighted by molar-refractivity contribution is -0.234. The summed E-state index contributed by atoms with van der Waals surface area (Å²) in [6.45, 7) is 5.61. The van der Waals surface area contributed by atoms with Crippen LogP contribution >= 0.6 is 0 Å². The predicted molar refractivity (Wildman–Crippen MR) is 62.3 cm³/mol. The average molecular weight is 242 g/mol. The lowest BCUT2D eigenvalue weighted by atomic mass is 9.66. The number of hydrogen-bond donors (Lipinski definition) is 2. The Morgan fingerprint density at radius 2 is 2.00 bits per heavy atom. The summed E-state index contributed by atoms with van der Waals surface area (Å²) in [4.78, 5) is 12.2. The number of cyclic esters (lactones) is 1. The molecule has 0 amide bonds. The van der Waals surface area contributed by atoms with Gasteiger partial charge in [0, 0.05) is 6.42 Å². The molecule has 1 saturated heterocycles. The van der Waals surface area contributed by atoms with Crippen molar-refractivity contribution in [1.29, 1.82) is 0 Å². The maximum atomic E-state index is 12.2. The maximum Gasteiger partial charge on any atom is 0.315 e. The minimum absolute atomic E-state index is 0.344. The van der Waals surface area contributed by atoms with Gasteiger partial charge in [-0.1, -0.05) is 13.8 Å². The van der Waals surface area contributed by atoms with E-state index in [-0.39, 0.29) is 5.97 Å². The zero-order chi connectivity index (χ0) is 12.9. The van der Waals surface area contributed by atoms with Crippen LogP contribution in [0.25, 0.3) is 0 Å². The van der Waals surface area contributed by atoms with Crippen molar-refractivity contribution in [1.82, 2.24) is 0 Å². The first-order valence-electron chi connectivity index (χ1n) is 6.47. The molecule has 0 aromatic heterocycles. The summed E-state index contributed by atoms with van der Waals surface area (Å²) in [5.74, 6) is -0.355. The highest BCUT2D eigenvalue weighted by Crippen LogP contribution is 2.56. The van der Waals surface area contributed by atoms with E-state index in [9.17, 15) is 15.0 Å². The van der Waals surface area contributed by atoms with Crippen LogP contribution in [0.15, 0.2) is 0 Å². The van der Waals surface area contributed by atoms with Crippen molar-refractivity contribution >= 4 is 5.97 Å². The SMILES string of the molecule is CCC1(CC)C[C@@]2(O)[C@H](O)CC[C@@]2(C)C(=O)O1. The van der Waals surface area contributed by atoms with E-state index in [1.165, 1.54) is 0 Å². The van der Waals surface area contributed by atoms with E-state index in [1.54, 1.807) is 6.92 Å². The number of aliphatic hydroxyl groups excluding tert-OH is 1. The third-order valence-corrected chi connectivity index (χ3v) is 5.06. The van der Waals surface area contributed by atoms with Gasteiger partial charge in [0.05, 0.1) is 11.5 Å². The van der Waals surface area contributed by atoms with Gasteiger partial charge in [-0.05, 0) is 32.6 Å². The Morgan fingerprint density at radius 3 is 2.53 bits per heavy atom. The van der Waals surface area contributed by atoms with E-state index < -0.39 is 22.7 Å². The summed E-state index contributed by atoms with van der Waals surface area (Å²) in [6, 6.07) is 0. The van der Waals surface area contributed by atoms with Gasteiger partial charge in [0.2, 0.25) is 0 Å². The zero-order valence-electron chi connectivity index (χ0n) is 10.8. The van der Waals surface area contributed by atoms with E-state index in [1.807, 2.05) is 13.8 Å². The summed E-state index contributed by atoms with van der Waals surface area (Å²) in [6.07, 6.45) is 1.81. The number of aliphatic hydroxyl groups is 2. The van der Waals surface area contributed by atoms with Crippen molar-refractivity contribution in [2.24, 2.45) is 5.41 Å². The van der Waals surface area contributed by atoms with Crippen LogP contribution in [0.4, 0.5) is 0 Å². The van der Waals surface area contributed by atoms with E-state index in [2.05, 4.69) is 0 Å². The van der Waals surface area contributed by atoms with Crippen molar-refractivity contribution in [3.63, 3.8) is 0 Å². The number of carbonyl (C=O) groups is 1. The zero-order valence-corrected chi connectivity index (χ0v) is 10.8. The molecule has 1 heterocycles. The van der Waals surface area contributed by atoms with E-state index in [0.717, 1.165) is 0 Å². The second-order valence-electron chi connectivity index (χ2n) is 5.77. The van der Waals surface area contributed by atoms with Crippen LogP contribution in [0, 0.1) is 5.41 Å². The molecule has 0 bridgehead atoms. The lowest BCUT2D eigenvalue weighted by Crippen LogP contribution is -2.63. The fourth-order valence-electron chi connectivity index (χ4n) is 3.32. The van der Waals surface area contributed by atoms with Crippen molar-refractivity contribution in [3.05, 3.63) is 0 Å². The molecule has 98 valence electrons. The summed E-state index contributed by atoms with van der Waals surface area (Å²) in [7, 11) is 0. The average Bonchev–Trinajstić information content (AvgIpc) is 2.54. The van der Waals surface area contributed by atoms with Gasteiger partial charge in [0.25, 0.3) is 0 Å². The van der Waals surface area contributed by atoms with Crippen LogP contribution in [-0.4, -0.2) is 33.5 Å². The molecule has 1 aliphatic carbocycles. The molecule has 0 aromatic rings. The monoisotopic (exact) mass is 242 g/mol. The van der Waals surface area contributed by atoms with Gasteiger partial charge in [-0.3, -0.25) is 4.79 Å². The quantitative estimate of drug-likeness (QED) is 0.718. The number of ether oxygens (including phenoxy) is 1. The highest BCUT2D eigenvalue weighted by Gasteiger charge is 2.67. The van der Waals surface area contributed by atoms with Gasteiger partial charge in [-0.25, -0.2) is 0 Å². The summed E-state index contributed by atoms with van der Waals surface area (Å²) < 4.78 is 5.59. The van der Waals surface area contributed by atoms with Crippen molar-refractivity contribution in [2.75, 3.05) is 0 Å². The first-order chi connectivity index (χ1) is 7.83. The fraction of sp³-hybridized carbons (Fsp3) is 0.923. The Bertz CT molecular complexity index is 336. The molecule has 0 unspecified atom stereocenters. The second-order valence-corrected chi connectivity index (χ2v) is 5.77. The lowest BCUT2D eigenvalue weighted by Gasteiger charge is -2.51. The highest BCUT2D eigenvalue weighted by atomic mass is 16.6. The summed E-state index contributed by atoms with van der Waals surface area (Å²) in [5, 5.41) is 20.8. The van der Waals surface area contributed by atoms with Gasteiger partial charge in [0.15, 0.2) is 0 Å². The Kier molecular flexibility index (Phi) is 2.79. The molecule has 0 radical (unpaired) electrons. The van der Waals surface area contributed by atoms with Gasteiger partial charge >= 0.3 is 5.97 Å². The number of hydrogen-bond acceptors (Lipinski definition) is 4. The van der Waals surface area contributed by atoms with Crippen LogP contribution in [0.1, 0.15) is 52.9 Å². The van der Waals surface area contributed by atoms with E-state index >= 15 is 0 Å². The number of carbonyl (C=O) groups excluding carboxylic acids is 1. The molecule has 0 aromatic carbocycles. The third-order valence-electron chi connectivity index (χ3n) is 5.06. The maximum absolute atomic E-state index is 12.2. The van der Waals surface area contributed by atoms with E-state index in [0.29, 0.717) is 32.1 Å². The van der Waals surface area contributed by atoms with Gasteiger partial charge < -0.3 is 14.9 Å². The van der Waals surface area contributed by atoms with Crippen molar-refractivity contribution < 1.29 is 19.7 Å². The van der Waals surface area contributed by atoms with Gasteiger partial charge in [-0.15, -0.1) is 0 Å². The summed E-state index contributed by atoms with van der Waals surface area (Å²) >= 11 is 0. The number of rotatable bonds is 2. The minimum atomic E-state index is -1.33. The largest absolute Gasteiger partial charge is 0.458 e. The smallest absolute Gasteiger partial charge is 0.315 e. The molecule has 4 heteroatoms. The predicted octanol–water partition coefficient (Wildman–Crippen LogP) is 1.38. The van der Waals surface area contributed by atoms with Crippen LogP contribution in [0.2, 0.25) is 0 Å². The number of fused-ring (bicyclic) bond motifs is 1. The summed E-state index contributed by atoms with van der Waals surface area (Å²) in [5.41, 5.74) is -2.88. The normalized spacial score (nSPS) is 44.3. The second kappa shape index (κ2) is 3.69. The molecule has 2 fully saturated rings. The molecule has 17 heavy (non-hydrogen) atoms. The van der Waals surface area contributed by atoms with Gasteiger partial charge in [-0.2, -0.15) is 0 Å². The fourth-order valence-corrected chi connectivity index (χ4v) is 3.32. The molecule has 3 atom stereocenters. The molecular weight excluding hydrogens is 220 g/mol. The number of esters is 1. The van der Waals surface area contributed by atoms with Crippen LogP contribution in [-0.2, 0) is 9.53 Å². The van der Waals surface area contributed by atoms with Crippen LogP contribution in [0.3, 0.4) is 0 Å². The molecule has 1 aliphatic heterocycles. The molecule has 0 spiro atoms. The topological polar surface area (TPSA) is 66.8 Å². The highest BCUT2D eigenvalue weighted by molar-refractivity contribution is 5.80. The first kappa shape index (κ1) is 12.8. The molecular formula is C13H22O4. The van der Waals surface area contributed by atoms with Gasteiger partial charge in [0.1, 0.15) is 11.2 Å². The molecule has 2 aliphatic rings. The van der Waals surface area contributed by atoms with Crippen LogP contribution in [0.5, 0.6) is 0 Å². The molecule has 2 rings (SSSR count). The van der Waals surface area contributed by atoms with E-state index in [4.69, 9.17) is 4.74 Å². The van der Waals surface area contributed by atoms with Crippen molar-refractivity contribution in [3.8, 4) is 0 Å². The first-order valence-corrected chi connectivity index (χ1v) is 6.47. The molecule has 4 nitrogen and oxygen atoms in total.